The molecule has 0 unspecified atom stereocenters. The van der Waals surface area contributed by atoms with Gasteiger partial charge in [-0.15, -0.1) is 0 Å². The number of carbonyl (C=O) groups is 2. The van der Waals surface area contributed by atoms with Crippen molar-refractivity contribution < 1.29 is 18.7 Å². The van der Waals surface area contributed by atoms with Gasteiger partial charge in [-0.2, -0.15) is 0 Å². The molecule has 1 amide bonds. The number of nitrogens with one attached hydrogen (secondary N) is 1. The van der Waals surface area contributed by atoms with Gasteiger partial charge in [0.25, 0.3) is 0 Å². The van der Waals surface area contributed by atoms with Crippen LogP contribution in [0, 0.1) is 17.7 Å². The fraction of sp³-hybridized carbons (Fsp3) is 0.333. The fourth-order valence-electron chi connectivity index (χ4n) is 1.28. The van der Waals surface area contributed by atoms with Crippen LogP contribution in [0.3, 0.4) is 0 Å². The zero-order valence-electron chi connectivity index (χ0n) is 11.6. The number of amides is 1. The van der Waals surface area contributed by atoms with Gasteiger partial charge in [-0.3, -0.25) is 4.79 Å². The third-order valence-electron chi connectivity index (χ3n) is 2.07. The second kappa shape index (κ2) is 6.71. The predicted molar refractivity (Wildman–Crippen MR) is 72.9 cm³/mol. The molecule has 0 heterocycles. The highest BCUT2D eigenvalue weighted by atomic mass is 19.1. The lowest BCUT2D eigenvalue weighted by Crippen LogP contribution is -2.32. The predicted octanol–water partition coefficient (Wildman–Crippen LogP) is 2.51. The molecule has 106 valence electrons. The summed E-state index contributed by atoms with van der Waals surface area (Å²) in [4.78, 5) is 21.9. The summed E-state index contributed by atoms with van der Waals surface area (Å²) in [6.07, 6.45) is 0.0257. The first-order chi connectivity index (χ1) is 9.31. The number of halogens is 1. The van der Waals surface area contributed by atoms with E-state index in [1.807, 2.05) is 0 Å². The summed E-state index contributed by atoms with van der Waals surface area (Å²) in [6.45, 7) is 5.27. The van der Waals surface area contributed by atoms with Crippen LogP contribution >= 0.6 is 0 Å². The second-order valence-corrected chi connectivity index (χ2v) is 5.01. The van der Waals surface area contributed by atoms with Gasteiger partial charge in [0.05, 0.1) is 12.1 Å². The summed E-state index contributed by atoms with van der Waals surface area (Å²) in [6, 6.07) is 3.89. The zero-order valence-corrected chi connectivity index (χ0v) is 11.6. The lowest BCUT2D eigenvalue weighted by atomic mass is 10.1. The average molecular weight is 277 g/mol. The number of ether oxygens (including phenoxy) is 1. The molecule has 5 heteroatoms. The van der Waals surface area contributed by atoms with E-state index in [9.17, 15) is 14.0 Å². The van der Waals surface area contributed by atoms with Crippen molar-refractivity contribution in [1.82, 2.24) is 5.32 Å². The first-order valence-corrected chi connectivity index (χ1v) is 6.02. The van der Waals surface area contributed by atoms with Crippen molar-refractivity contribution in [3.05, 3.63) is 35.1 Å². The number of rotatable bonds is 2. The van der Waals surface area contributed by atoms with Gasteiger partial charge in [-0.25, -0.2) is 9.18 Å². The normalized spacial score (nSPS) is 10.2. The van der Waals surface area contributed by atoms with Gasteiger partial charge in [0.15, 0.2) is 0 Å². The molecule has 0 aliphatic carbocycles. The Morgan fingerprint density at radius 1 is 1.45 bits per heavy atom. The largest absolute Gasteiger partial charge is 0.444 e. The van der Waals surface area contributed by atoms with Gasteiger partial charge in [0, 0.05) is 5.56 Å². The highest BCUT2D eigenvalue weighted by molar-refractivity contribution is 5.75. The molecule has 1 N–H and O–H groups in total. The van der Waals surface area contributed by atoms with Gasteiger partial charge in [0.2, 0.25) is 0 Å². The van der Waals surface area contributed by atoms with Crippen LogP contribution in [0.1, 0.15) is 36.7 Å². The van der Waals surface area contributed by atoms with Crippen LogP contribution < -0.4 is 5.32 Å². The fourth-order valence-corrected chi connectivity index (χ4v) is 1.28. The third kappa shape index (κ3) is 5.53. The SMILES string of the molecule is CC(C)(C)OC(=O)NCC#Cc1cc(C=O)ccc1F. The van der Waals surface area contributed by atoms with Crippen molar-refractivity contribution in [3.8, 4) is 11.8 Å². The Labute approximate surface area is 117 Å². The molecule has 20 heavy (non-hydrogen) atoms. The quantitative estimate of drug-likeness (QED) is 0.667. The maximum atomic E-state index is 13.4. The van der Waals surface area contributed by atoms with Crippen molar-refractivity contribution in [2.45, 2.75) is 26.4 Å². The van der Waals surface area contributed by atoms with Gasteiger partial charge in [-0.05, 0) is 39.0 Å². The lowest BCUT2D eigenvalue weighted by molar-refractivity contribution is 0.0535. The summed E-state index contributed by atoms with van der Waals surface area (Å²) in [5.41, 5.74) is -0.126. The van der Waals surface area contributed by atoms with Crippen molar-refractivity contribution in [1.29, 1.82) is 0 Å². The summed E-state index contributed by atoms with van der Waals surface area (Å²) >= 11 is 0. The molecule has 0 radical (unpaired) electrons. The number of benzene rings is 1. The third-order valence-corrected chi connectivity index (χ3v) is 2.07. The van der Waals surface area contributed by atoms with Crippen molar-refractivity contribution in [2.24, 2.45) is 0 Å². The van der Waals surface area contributed by atoms with E-state index in [2.05, 4.69) is 17.2 Å². The van der Waals surface area contributed by atoms with E-state index < -0.39 is 17.5 Å². The minimum absolute atomic E-state index is 0.0275. The second-order valence-electron chi connectivity index (χ2n) is 5.01. The number of aldehydes is 1. The molecule has 0 aromatic heterocycles. The molecule has 1 aromatic rings. The van der Waals surface area contributed by atoms with E-state index in [0.717, 1.165) is 0 Å². The molecule has 0 fully saturated rings. The minimum atomic E-state index is -0.589. The number of carbonyl (C=O) groups excluding carboxylic acids is 2. The maximum Gasteiger partial charge on any atom is 0.408 e. The molecule has 0 bridgehead atoms. The molecule has 0 spiro atoms. The van der Waals surface area contributed by atoms with Crippen LogP contribution in [0.25, 0.3) is 0 Å². The number of hydrogen-bond acceptors (Lipinski definition) is 3. The molecule has 0 aliphatic heterocycles. The van der Waals surface area contributed by atoms with E-state index in [1.54, 1.807) is 20.8 Å². The highest BCUT2D eigenvalue weighted by Crippen LogP contribution is 2.08. The molecule has 0 aliphatic rings. The minimum Gasteiger partial charge on any atom is -0.444 e. The van der Waals surface area contributed by atoms with Gasteiger partial charge >= 0.3 is 6.09 Å². The molecular weight excluding hydrogens is 261 g/mol. The monoisotopic (exact) mass is 277 g/mol. The standard InChI is InChI=1S/C15H16FNO3/c1-15(2,3)20-14(19)17-8-4-5-12-9-11(10-18)6-7-13(12)16/h6-7,9-10H,8H2,1-3H3,(H,17,19). The Kier molecular flexibility index (Phi) is 5.27. The number of hydrogen-bond donors (Lipinski definition) is 1. The lowest BCUT2D eigenvalue weighted by Gasteiger charge is -2.18. The van der Waals surface area contributed by atoms with E-state index in [-0.39, 0.29) is 12.1 Å². The molecular formula is C15H16FNO3. The molecule has 0 atom stereocenters. The van der Waals surface area contributed by atoms with Gasteiger partial charge < -0.3 is 10.1 Å². The van der Waals surface area contributed by atoms with Crippen molar-refractivity contribution in [3.63, 3.8) is 0 Å². The summed E-state index contributed by atoms with van der Waals surface area (Å²) in [7, 11) is 0. The van der Waals surface area contributed by atoms with Crippen molar-refractivity contribution >= 4 is 12.4 Å². The zero-order chi connectivity index (χ0) is 15.2. The average Bonchev–Trinajstić information content (AvgIpc) is 2.34. The highest BCUT2D eigenvalue weighted by Gasteiger charge is 2.14. The van der Waals surface area contributed by atoms with Crippen LogP contribution in [-0.4, -0.2) is 24.5 Å². The van der Waals surface area contributed by atoms with Crippen LogP contribution in [0.15, 0.2) is 18.2 Å². The van der Waals surface area contributed by atoms with E-state index in [4.69, 9.17) is 4.74 Å². The summed E-state index contributed by atoms with van der Waals surface area (Å²) in [5.74, 6) is 4.63. The first-order valence-electron chi connectivity index (χ1n) is 6.02. The molecule has 0 saturated carbocycles. The van der Waals surface area contributed by atoms with Crippen LogP contribution in [0.2, 0.25) is 0 Å². The summed E-state index contributed by atoms with van der Waals surface area (Å²) < 4.78 is 18.4. The summed E-state index contributed by atoms with van der Waals surface area (Å²) in [5, 5.41) is 2.43. The Bertz CT molecular complexity index is 565. The van der Waals surface area contributed by atoms with Gasteiger partial charge in [-0.1, -0.05) is 11.8 Å². The van der Waals surface area contributed by atoms with E-state index in [0.29, 0.717) is 11.8 Å². The first kappa shape index (κ1) is 15.7. The smallest absolute Gasteiger partial charge is 0.408 e. The van der Waals surface area contributed by atoms with Crippen LogP contribution in [-0.2, 0) is 4.74 Å². The Morgan fingerprint density at radius 2 is 2.15 bits per heavy atom. The molecule has 1 aromatic carbocycles. The van der Waals surface area contributed by atoms with Gasteiger partial charge in [0.1, 0.15) is 17.7 Å². The maximum absolute atomic E-state index is 13.4. The van der Waals surface area contributed by atoms with Crippen molar-refractivity contribution in [2.75, 3.05) is 6.54 Å². The topological polar surface area (TPSA) is 55.4 Å². The molecule has 4 nitrogen and oxygen atoms in total. The van der Waals surface area contributed by atoms with E-state index in [1.165, 1.54) is 18.2 Å². The number of alkyl carbamates (subject to hydrolysis) is 1. The van der Waals surface area contributed by atoms with Crippen LogP contribution in [0.4, 0.5) is 9.18 Å². The Hall–Kier alpha value is -2.35. The Morgan fingerprint density at radius 3 is 2.75 bits per heavy atom. The van der Waals surface area contributed by atoms with E-state index >= 15 is 0 Å². The Balaban J connectivity index is 2.59. The molecule has 1 rings (SSSR count). The van der Waals surface area contributed by atoms with Crippen LogP contribution in [0.5, 0.6) is 0 Å². The molecule has 0 saturated heterocycles.